The molecule has 1 aliphatic rings. The second-order valence-electron chi connectivity index (χ2n) is 9.63. The SMILES string of the molecule is CC(C)CC(c1ccc(C(F)(F)F)cc1)N1CCC(CC(=O)O)CC1c1ccc(C(F)(F)F)cc1. The number of rotatable bonds is 7. The molecule has 2 aromatic carbocycles. The molecule has 0 bridgehead atoms. The van der Waals surface area contributed by atoms with Gasteiger partial charge in [-0.15, -0.1) is 0 Å². The lowest BCUT2D eigenvalue weighted by Gasteiger charge is -2.45. The molecule has 3 unspecified atom stereocenters. The van der Waals surface area contributed by atoms with Crippen LogP contribution < -0.4 is 0 Å². The van der Waals surface area contributed by atoms with E-state index in [0.29, 0.717) is 36.9 Å². The van der Waals surface area contributed by atoms with E-state index in [4.69, 9.17) is 0 Å². The van der Waals surface area contributed by atoms with Crippen molar-refractivity contribution in [1.82, 2.24) is 4.90 Å². The molecule has 3 rings (SSSR count). The molecule has 0 radical (unpaired) electrons. The number of carboxylic acid groups (broad SMARTS) is 1. The lowest BCUT2D eigenvalue weighted by molar-refractivity contribution is -0.139. The highest BCUT2D eigenvalue weighted by molar-refractivity contribution is 5.67. The molecule has 0 spiro atoms. The fraction of sp³-hybridized carbons (Fsp3) is 0.500. The molecule has 1 heterocycles. The molecule has 3 atom stereocenters. The molecule has 1 saturated heterocycles. The van der Waals surface area contributed by atoms with Gasteiger partial charge in [0.25, 0.3) is 0 Å². The highest BCUT2D eigenvalue weighted by atomic mass is 19.4. The minimum atomic E-state index is -4.48. The zero-order valence-electron chi connectivity index (χ0n) is 19.5. The van der Waals surface area contributed by atoms with Crippen molar-refractivity contribution in [3.8, 4) is 0 Å². The minimum Gasteiger partial charge on any atom is -0.481 e. The van der Waals surface area contributed by atoms with Crippen LogP contribution in [0.3, 0.4) is 0 Å². The van der Waals surface area contributed by atoms with Crippen LogP contribution in [-0.4, -0.2) is 22.5 Å². The Kier molecular flexibility index (Phi) is 8.19. The number of halogens is 6. The van der Waals surface area contributed by atoms with Gasteiger partial charge in [-0.05, 0) is 73.0 Å². The summed E-state index contributed by atoms with van der Waals surface area (Å²) in [6, 6.07) is 9.27. The maximum atomic E-state index is 13.1. The van der Waals surface area contributed by atoms with Gasteiger partial charge in [-0.1, -0.05) is 38.1 Å². The summed E-state index contributed by atoms with van der Waals surface area (Å²) in [7, 11) is 0. The summed E-state index contributed by atoms with van der Waals surface area (Å²) in [5, 5.41) is 9.28. The second kappa shape index (κ2) is 10.6. The molecular formula is C26H29F6NO2. The number of aliphatic carboxylic acids is 1. The van der Waals surface area contributed by atoms with Crippen LogP contribution >= 0.6 is 0 Å². The van der Waals surface area contributed by atoms with Gasteiger partial charge in [0, 0.05) is 18.5 Å². The Morgan fingerprint density at radius 2 is 1.46 bits per heavy atom. The molecular weight excluding hydrogens is 472 g/mol. The minimum absolute atomic E-state index is 0.0416. The summed E-state index contributed by atoms with van der Waals surface area (Å²) in [5.74, 6) is -0.883. The van der Waals surface area contributed by atoms with Gasteiger partial charge < -0.3 is 5.11 Å². The third-order valence-electron chi connectivity index (χ3n) is 6.56. The van der Waals surface area contributed by atoms with Crippen LogP contribution in [-0.2, 0) is 17.1 Å². The lowest BCUT2D eigenvalue weighted by atomic mass is 9.82. The highest BCUT2D eigenvalue weighted by Crippen LogP contribution is 2.44. The van der Waals surface area contributed by atoms with Crippen LogP contribution in [0.2, 0.25) is 0 Å². The van der Waals surface area contributed by atoms with Gasteiger partial charge in [-0.3, -0.25) is 9.69 Å². The van der Waals surface area contributed by atoms with Crippen LogP contribution in [0.1, 0.15) is 73.9 Å². The normalized spacial score (nSPS) is 20.7. The van der Waals surface area contributed by atoms with Crippen LogP contribution in [0.4, 0.5) is 26.3 Å². The van der Waals surface area contributed by atoms with Crippen LogP contribution in [0.5, 0.6) is 0 Å². The summed E-state index contributed by atoms with van der Waals surface area (Å²) in [4.78, 5) is 13.4. The third-order valence-corrected chi connectivity index (χ3v) is 6.56. The van der Waals surface area contributed by atoms with Crippen molar-refractivity contribution in [3.05, 3.63) is 70.8 Å². The van der Waals surface area contributed by atoms with Gasteiger partial charge in [0.15, 0.2) is 0 Å². The van der Waals surface area contributed by atoms with E-state index in [0.717, 1.165) is 24.3 Å². The third kappa shape index (κ3) is 6.99. The maximum Gasteiger partial charge on any atom is 0.416 e. The number of carbonyl (C=O) groups is 1. The highest BCUT2D eigenvalue weighted by Gasteiger charge is 2.37. The van der Waals surface area contributed by atoms with Gasteiger partial charge in [0.05, 0.1) is 11.1 Å². The van der Waals surface area contributed by atoms with E-state index in [-0.39, 0.29) is 30.3 Å². The molecule has 0 saturated carbocycles. The monoisotopic (exact) mass is 501 g/mol. The summed E-state index contributed by atoms with van der Waals surface area (Å²) >= 11 is 0. The average Bonchev–Trinajstić information content (AvgIpc) is 2.76. The van der Waals surface area contributed by atoms with Crippen molar-refractivity contribution in [2.75, 3.05) is 6.54 Å². The predicted octanol–water partition coefficient (Wildman–Crippen LogP) is 7.74. The molecule has 0 amide bonds. The summed E-state index contributed by atoms with van der Waals surface area (Å²) in [6.45, 7) is 4.49. The van der Waals surface area contributed by atoms with Gasteiger partial charge >= 0.3 is 18.3 Å². The molecule has 1 fully saturated rings. The van der Waals surface area contributed by atoms with E-state index in [1.54, 1.807) is 0 Å². The Balaban J connectivity index is 1.99. The summed E-state index contributed by atoms with van der Waals surface area (Å²) in [5.41, 5.74) is -0.190. The smallest absolute Gasteiger partial charge is 0.416 e. The predicted molar refractivity (Wildman–Crippen MR) is 120 cm³/mol. The number of nitrogens with zero attached hydrogens (tertiary/aromatic N) is 1. The zero-order chi connectivity index (χ0) is 26.0. The maximum absolute atomic E-state index is 13.1. The number of piperidine rings is 1. The number of likely N-dealkylation sites (tertiary alicyclic amines) is 1. The Bertz CT molecular complexity index is 983. The van der Waals surface area contributed by atoms with Gasteiger partial charge in [0.1, 0.15) is 0 Å². The molecule has 35 heavy (non-hydrogen) atoms. The molecule has 2 aromatic rings. The first kappa shape index (κ1) is 27.0. The summed E-state index contributed by atoms with van der Waals surface area (Å²) in [6.07, 6.45) is -7.32. The van der Waals surface area contributed by atoms with E-state index >= 15 is 0 Å². The van der Waals surface area contributed by atoms with Crippen LogP contribution in [0.25, 0.3) is 0 Å². The van der Waals surface area contributed by atoms with E-state index in [9.17, 15) is 36.2 Å². The van der Waals surface area contributed by atoms with E-state index in [2.05, 4.69) is 4.90 Å². The number of hydrogen-bond acceptors (Lipinski definition) is 2. The van der Waals surface area contributed by atoms with E-state index < -0.39 is 29.4 Å². The molecule has 0 aliphatic carbocycles. The van der Waals surface area contributed by atoms with Crippen LogP contribution in [0.15, 0.2) is 48.5 Å². The Morgan fingerprint density at radius 1 is 0.943 bits per heavy atom. The second-order valence-corrected chi connectivity index (χ2v) is 9.63. The van der Waals surface area contributed by atoms with Crippen molar-refractivity contribution in [1.29, 1.82) is 0 Å². The Morgan fingerprint density at radius 3 is 1.91 bits per heavy atom. The standard InChI is InChI=1S/C26H29F6NO2/c1-16(2)13-22(18-3-7-20(8-4-18)25(27,28)29)33-12-11-17(15-24(34)35)14-23(33)19-5-9-21(10-6-19)26(30,31)32/h3-10,16-17,22-23H,11-15H2,1-2H3,(H,34,35). The summed E-state index contributed by atoms with van der Waals surface area (Å²) < 4.78 is 78.6. The average molecular weight is 502 g/mol. The first-order valence-corrected chi connectivity index (χ1v) is 11.6. The Hall–Kier alpha value is -2.55. The molecule has 1 aliphatic heterocycles. The van der Waals surface area contributed by atoms with Crippen molar-refractivity contribution in [3.63, 3.8) is 0 Å². The van der Waals surface area contributed by atoms with Gasteiger partial charge in [0.2, 0.25) is 0 Å². The van der Waals surface area contributed by atoms with Crippen molar-refractivity contribution < 1.29 is 36.2 Å². The van der Waals surface area contributed by atoms with Crippen molar-refractivity contribution >= 4 is 5.97 Å². The molecule has 3 nitrogen and oxygen atoms in total. The van der Waals surface area contributed by atoms with Gasteiger partial charge in [-0.25, -0.2) is 0 Å². The first-order chi connectivity index (χ1) is 16.3. The quantitative estimate of drug-likeness (QED) is 0.395. The van der Waals surface area contributed by atoms with E-state index in [1.807, 2.05) is 13.8 Å². The molecule has 0 aromatic heterocycles. The van der Waals surface area contributed by atoms with Crippen LogP contribution in [0, 0.1) is 11.8 Å². The Labute approximate surface area is 200 Å². The molecule has 9 heteroatoms. The van der Waals surface area contributed by atoms with Crippen molar-refractivity contribution in [2.45, 2.75) is 64.0 Å². The molecule has 192 valence electrons. The first-order valence-electron chi connectivity index (χ1n) is 11.6. The number of alkyl halides is 6. The zero-order valence-corrected chi connectivity index (χ0v) is 19.5. The largest absolute Gasteiger partial charge is 0.481 e. The fourth-order valence-electron chi connectivity index (χ4n) is 4.89. The number of hydrogen-bond donors (Lipinski definition) is 1. The van der Waals surface area contributed by atoms with E-state index in [1.165, 1.54) is 24.3 Å². The molecule has 1 N–H and O–H groups in total. The fourth-order valence-corrected chi connectivity index (χ4v) is 4.89. The number of carboxylic acids is 1. The topological polar surface area (TPSA) is 40.5 Å². The number of benzene rings is 2. The van der Waals surface area contributed by atoms with Crippen molar-refractivity contribution in [2.24, 2.45) is 11.8 Å². The van der Waals surface area contributed by atoms with Gasteiger partial charge in [-0.2, -0.15) is 26.3 Å². The lowest BCUT2D eigenvalue weighted by Crippen LogP contribution is -2.40.